The van der Waals surface area contributed by atoms with E-state index in [2.05, 4.69) is 6.07 Å². The standard InChI is InChI=1S/C18H18ClN3O3S/c19-16-6-5-13(26-16)11-20-7-9-21(10-8-20)17(23)12-22-14-3-1-2-4-15(14)25-18(22)24/h1-6H,7-12H2/p+1. The summed E-state index contributed by atoms with van der Waals surface area (Å²) in [6.07, 6.45) is 0. The third-order valence-electron chi connectivity index (χ3n) is 4.74. The minimum absolute atomic E-state index is 0.0196. The maximum absolute atomic E-state index is 12.6. The third-order valence-corrected chi connectivity index (χ3v) is 5.97. The number of aromatic nitrogens is 1. The Kier molecular flexibility index (Phi) is 4.84. The number of carbonyl (C=O) groups is 1. The molecule has 6 nitrogen and oxygen atoms in total. The van der Waals surface area contributed by atoms with Crippen molar-refractivity contribution in [3.05, 3.63) is 56.2 Å². The smallest absolute Gasteiger partial charge is 0.408 e. The molecule has 1 aliphatic heterocycles. The lowest BCUT2D eigenvalue weighted by molar-refractivity contribution is -0.917. The van der Waals surface area contributed by atoms with Crippen molar-refractivity contribution in [2.45, 2.75) is 13.1 Å². The highest BCUT2D eigenvalue weighted by Crippen LogP contribution is 2.20. The number of para-hydroxylation sites is 2. The first-order chi connectivity index (χ1) is 12.6. The Morgan fingerprint density at radius 1 is 1.19 bits per heavy atom. The lowest BCUT2D eigenvalue weighted by atomic mass is 10.3. The van der Waals surface area contributed by atoms with Crippen molar-refractivity contribution in [1.82, 2.24) is 9.47 Å². The number of piperazine rings is 1. The van der Waals surface area contributed by atoms with Gasteiger partial charge in [-0.2, -0.15) is 0 Å². The van der Waals surface area contributed by atoms with Crippen molar-refractivity contribution in [2.75, 3.05) is 26.2 Å². The van der Waals surface area contributed by atoms with Gasteiger partial charge in [-0.25, -0.2) is 4.79 Å². The molecular weight excluding hydrogens is 374 g/mol. The molecule has 3 heterocycles. The van der Waals surface area contributed by atoms with Crippen molar-refractivity contribution in [1.29, 1.82) is 0 Å². The summed E-state index contributed by atoms with van der Waals surface area (Å²) < 4.78 is 7.41. The van der Waals surface area contributed by atoms with Gasteiger partial charge in [0.05, 0.1) is 40.9 Å². The highest BCUT2D eigenvalue weighted by Gasteiger charge is 2.25. The third kappa shape index (κ3) is 3.56. The molecule has 1 fully saturated rings. The fraction of sp³-hybridized carbons (Fsp3) is 0.333. The van der Waals surface area contributed by atoms with Crippen LogP contribution in [0, 0.1) is 0 Å². The number of hydrogen-bond acceptors (Lipinski definition) is 4. The number of rotatable bonds is 4. The van der Waals surface area contributed by atoms with Crippen LogP contribution in [0.25, 0.3) is 11.1 Å². The molecule has 0 atom stereocenters. The Bertz CT molecular complexity index is 985. The van der Waals surface area contributed by atoms with Crippen molar-refractivity contribution in [2.24, 2.45) is 0 Å². The Balaban J connectivity index is 1.37. The Labute approximate surface area is 159 Å². The number of thiophene rings is 1. The molecule has 1 saturated heterocycles. The molecule has 0 bridgehead atoms. The van der Waals surface area contributed by atoms with E-state index >= 15 is 0 Å². The number of benzene rings is 1. The normalized spacial score (nSPS) is 15.7. The SMILES string of the molecule is O=C(Cn1c(=O)oc2ccccc21)N1CC[NH+](Cc2ccc(Cl)s2)CC1. The van der Waals surface area contributed by atoms with Gasteiger partial charge >= 0.3 is 5.76 Å². The summed E-state index contributed by atoms with van der Waals surface area (Å²) in [4.78, 5) is 29.2. The molecule has 0 saturated carbocycles. The molecule has 0 unspecified atom stereocenters. The second kappa shape index (κ2) is 7.26. The van der Waals surface area contributed by atoms with E-state index in [0.29, 0.717) is 24.2 Å². The minimum Gasteiger partial charge on any atom is -0.408 e. The summed E-state index contributed by atoms with van der Waals surface area (Å²) in [5.74, 6) is -0.532. The van der Waals surface area contributed by atoms with E-state index in [9.17, 15) is 9.59 Å². The van der Waals surface area contributed by atoms with Crippen molar-refractivity contribution in [3.63, 3.8) is 0 Å². The summed E-state index contributed by atoms with van der Waals surface area (Å²) in [6.45, 7) is 4.12. The van der Waals surface area contributed by atoms with Gasteiger partial charge in [-0.05, 0) is 24.3 Å². The lowest BCUT2D eigenvalue weighted by Crippen LogP contribution is -3.13. The molecule has 0 spiro atoms. The van der Waals surface area contributed by atoms with Crippen LogP contribution in [0.15, 0.2) is 45.6 Å². The number of halogens is 1. The topological polar surface area (TPSA) is 59.9 Å². The van der Waals surface area contributed by atoms with Crippen LogP contribution in [-0.4, -0.2) is 41.6 Å². The predicted molar refractivity (Wildman–Crippen MR) is 101 cm³/mol. The number of carbonyl (C=O) groups excluding carboxylic acids is 1. The van der Waals surface area contributed by atoms with E-state index in [4.69, 9.17) is 16.0 Å². The van der Waals surface area contributed by atoms with E-state index in [0.717, 1.165) is 24.0 Å². The Hall–Kier alpha value is -2.09. The van der Waals surface area contributed by atoms with Crippen LogP contribution < -0.4 is 10.7 Å². The van der Waals surface area contributed by atoms with E-state index in [1.54, 1.807) is 29.5 Å². The van der Waals surface area contributed by atoms with E-state index < -0.39 is 5.76 Å². The summed E-state index contributed by atoms with van der Waals surface area (Å²) >= 11 is 7.60. The number of nitrogens with zero attached hydrogens (tertiary/aromatic N) is 2. The van der Waals surface area contributed by atoms with E-state index in [1.807, 2.05) is 17.0 Å². The van der Waals surface area contributed by atoms with Crippen LogP contribution in [0.4, 0.5) is 0 Å². The second-order valence-corrected chi connectivity index (χ2v) is 8.23. The van der Waals surface area contributed by atoms with Crippen molar-refractivity contribution < 1.29 is 14.1 Å². The Morgan fingerprint density at radius 3 is 2.69 bits per heavy atom. The molecule has 0 radical (unpaired) electrons. The average Bonchev–Trinajstić information content (AvgIpc) is 3.19. The zero-order valence-corrected chi connectivity index (χ0v) is 15.7. The first kappa shape index (κ1) is 17.3. The largest absolute Gasteiger partial charge is 0.420 e. The number of quaternary nitrogens is 1. The van der Waals surface area contributed by atoms with Gasteiger partial charge in [0.1, 0.15) is 13.1 Å². The van der Waals surface area contributed by atoms with Crippen molar-refractivity contribution >= 4 is 39.9 Å². The minimum atomic E-state index is -0.488. The van der Waals surface area contributed by atoms with Crippen molar-refractivity contribution in [3.8, 4) is 0 Å². The molecule has 2 aromatic heterocycles. The molecule has 1 amide bonds. The van der Waals surface area contributed by atoms with Crippen LogP contribution in [-0.2, 0) is 17.9 Å². The van der Waals surface area contributed by atoms with Crippen LogP contribution in [0.3, 0.4) is 0 Å². The molecule has 136 valence electrons. The van der Waals surface area contributed by atoms with Crippen LogP contribution in [0.2, 0.25) is 4.34 Å². The first-order valence-corrected chi connectivity index (χ1v) is 9.73. The zero-order valence-electron chi connectivity index (χ0n) is 14.1. The predicted octanol–water partition coefficient (Wildman–Crippen LogP) is 1.24. The fourth-order valence-electron chi connectivity index (χ4n) is 3.34. The van der Waals surface area contributed by atoms with Gasteiger partial charge in [0.2, 0.25) is 5.91 Å². The molecule has 3 aromatic rings. The summed E-state index contributed by atoms with van der Waals surface area (Å²) in [5.41, 5.74) is 1.17. The number of hydrogen-bond donors (Lipinski definition) is 1. The molecule has 4 rings (SSSR count). The summed E-state index contributed by atoms with van der Waals surface area (Å²) in [5, 5.41) is 0. The molecule has 1 N–H and O–H groups in total. The number of fused-ring (bicyclic) bond motifs is 1. The number of nitrogens with one attached hydrogen (secondary N) is 1. The second-order valence-electron chi connectivity index (χ2n) is 6.44. The average molecular weight is 393 g/mol. The van der Waals surface area contributed by atoms with Gasteiger partial charge in [0.15, 0.2) is 5.58 Å². The zero-order chi connectivity index (χ0) is 18.1. The molecular formula is C18H19ClN3O3S+. The molecule has 8 heteroatoms. The highest BCUT2D eigenvalue weighted by atomic mass is 35.5. The lowest BCUT2D eigenvalue weighted by Gasteiger charge is -2.32. The maximum Gasteiger partial charge on any atom is 0.420 e. The molecule has 1 aromatic carbocycles. The fourth-order valence-corrected chi connectivity index (χ4v) is 4.50. The monoisotopic (exact) mass is 392 g/mol. The van der Waals surface area contributed by atoms with Gasteiger partial charge in [0.25, 0.3) is 0 Å². The number of amides is 1. The van der Waals surface area contributed by atoms with Crippen LogP contribution >= 0.6 is 22.9 Å². The molecule has 1 aliphatic rings. The molecule has 0 aliphatic carbocycles. The van der Waals surface area contributed by atoms with Crippen LogP contribution in [0.5, 0.6) is 0 Å². The summed E-state index contributed by atoms with van der Waals surface area (Å²) in [6, 6.07) is 11.2. The van der Waals surface area contributed by atoms with Gasteiger partial charge < -0.3 is 14.2 Å². The van der Waals surface area contributed by atoms with Gasteiger partial charge in [-0.3, -0.25) is 9.36 Å². The quantitative estimate of drug-likeness (QED) is 0.726. The van der Waals surface area contributed by atoms with Crippen LogP contribution in [0.1, 0.15) is 4.88 Å². The van der Waals surface area contributed by atoms with Gasteiger partial charge in [-0.1, -0.05) is 23.7 Å². The van der Waals surface area contributed by atoms with Gasteiger partial charge in [-0.15, -0.1) is 11.3 Å². The molecule has 26 heavy (non-hydrogen) atoms. The Morgan fingerprint density at radius 2 is 1.96 bits per heavy atom. The van der Waals surface area contributed by atoms with E-state index in [-0.39, 0.29) is 12.5 Å². The first-order valence-electron chi connectivity index (χ1n) is 8.54. The summed E-state index contributed by atoms with van der Waals surface area (Å²) in [7, 11) is 0. The highest BCUT2D eigenvalue weighted by molar-refractivity contribution is 7.16. The van der Waals surface area contributed by atoms with Gasteiger partial charge in [0, 0.05) is 0 Å². The number of oxazole rings is 1. The maximum atomic E-state index is 12.6. The van der Waals surface area contributed by atoms with E-state index in [1.165, 1.54) is 14.3 Å².